The zero-order chi connectivity index (χ0) is 9.68. The molecule has 0 aliphatic heterocycles. The Hall–Kier alpha value is -1.45. The van der Waals surface area contributed by atoms with Gasteiger partial charge in [0, 0.05) is 0 Å². The van der Waals surface area contributed by atoms with Gasteiger partial charge in [0.1, 0.15) is 18.2 Å². The quantitative estimate of drug-likeness (QED) is 0.521. The van der Waals surface area contributed by atoms with Gasteiger partial charge in [-0.3, -0.25) is 0 Å². The van der Waals surface area contributed by atoms with Gasteiger partial charge in [0.05, 0.1) is 11.8 Å². The van der Waals surface area contributed by atoms with E-state index in [1.807, 2.05) is 0 Å². The van der Waals surface area contributed by atoms with E-state index < -0.39 is 11.6 Å². The summed E-state index contributed by atoms with van der Waals surface area (Å²) in [5.41, 5.74) is -0.216. The Labute approximate surface area is 74.8 Å². The molecule has 0 aliphatic rings. The summed E-state index contributed by atoms with van der Waals surface area (Å²) in [5.74, 6) is -1.41. The van der Waals surface area contributed by atoms with Gasteiger partial charge in [-0.2, -0.15) is 0 Å². The minimum absolute atomic E-state index is 0.216. The van der Waals surface area contributed by atoms with Crippen LogP contribution in [0.1, 0.15) is 12.5 Å². The minimum Gasteiger partial charge on any atom is -0.396 e. The fourth-order valence-electron chi connectivity index (χ4n) is 0.745. The highest BCUT2D eigenvalue weighted by Gasteiger charge is 2.04. The molecule has 0 bridgehead atoms. The van der Waals surface area contributed by atoms with Gasteiger partial charge in [-0.25, -0.2) is 8.78 Å². The molecule has 0 amide bonds. The van der Waals surface area contributed by atoms with Crippen LogP contribution >= 0.6 is 0 Å². The topological polar surface area (TPSA) is 21.6 Å². The second kappa shape index (κ2) is 4.54. The molecule has 4 heteroatoms. The third kappa shape index (κ3) is 2.50. The van der Waals surface area contributed by atoms with Crippen LogP contribution in [-0.2, 0) is 4.84 Å². The van der Waals surface area contributed by atoms with Crippen molar-refractivity contribution in [2.75, 3.05) is 6.61 Å². The molecule has 0 fully saturated rings. The van der Waals surface area contributed by atoms with Crippen molar-refractivity contribution in [3.05, 3.63) is 35.4 Å². The van der Waals surface area contributed by atoms with Crippen LogP contribution in [0.5, 0.6) is 0 Å². The number of nitrogens with zero attached hydrogens (tertiary/aromatic N) is 1. The highest BCUT2D eigenvalue weighted by Crippen LogP contribution is 2.08. The molecule has 0 aliphatic carbocycles. The predicted molar refractivity (Wildman–Crippen MR) is 44.4 cm³/mol. The van der Waals surface area contributed by atoms with Crippen molar-refractivity contribution in [3.63, 3.8) is 0 Å². The molecule has 0 unspecified atom stereocenters. The van der Waals surface area contributed by atoms with E-state index >= 15 is 0 Å². The summed E-state index contributed by atoms with van der Waals surface area (Å²) in [5, 5.41) is 3.36. The normalized spacial score (nSPS) is 10.7. The SMILES string of the molecule is CCO/N=C/c1c(F)c[c]cc1F. The summed E-state index contributed by atoms with van der Waals surface area (Å²) in [6.45, 7) is 2.08. The van der Waals surface area contributed by atoms with Crippen LogP contribution < -0.4 is 0 Å². The van der Waals surface area contributed by atoms with Crippen LogP contribution in [0.3, 0.4) is 0 Å². The smallest absolute Gasteiger partial charge is 0.135 e. The van der Waals surface area contributed by atoms with E-state index in [1.165, 1.54) is 0 Å². The summed E-state index contributed by atoms with van der Waals surface area (Å²) in [7, 11) is 0. The monoisotopic (exact) mass is 184 g/mol. The average molecular weight is 184 g/mol. The van der Waals surface area contributed by atoms with Crippen LogP contribution in [0.4, 0.5) is 8.78 Å². The van der Waals surface area contributed by atoms with E-state index in [4.69, 9.17) is 0 Å². The largest absolute Gasteiger partial charge is 0.396 e. The molecule has 0 N–H and O–H groups in total. The van der Waals surface area contributed by atoms with Crippen molar-refractivity contribution >= 4 is 6.21 Å². The fourth-order valence-corrected chi connectivity index (χ4v) is 0.745. The maximum Gasteiger partial charge on any atom is 0.135 e. The molecule has 13 heavy (non-hydrogen) atoms. The predicted octanol–water partition coefficient (Wildman–Crippen LogP) is 2.14. The maximum atomic E-state index is 12.9. The first kappa shape index (κ1) is 9.64. The van der Waals surface area contributed by atoms with Gasteiger partial charge < -0.3 is 4.84 Å². The van der Waals surface area contributed by atoms with Gasteiger partial charge in [0.15, 0.2) is 0 Å². The van der Waals surface area contributed by atoms with Gasteiger partial charge in [-0.05, 0) is 25.1 Å². The number of benzene rings is 1. The van der Waals surface area contributed by atoms with Gasteiger partial charge in [0.2, 0.25) is 0 Å². The minimum atomic E-state index is -0.705. The Morgan fingerprint density at radius 2 is 2.08 bits per heavy atom. The maximum absolute atomic E-state index is 12.9. The van der Waals surface area contributed by atoms with Crippen LogP contribution in [-0.4, -0.2) is 12.8 Å². The molecule has 1 rings (SSSR count). The molecule has 0 atom stereocenters. The fraction of sp³-hybridized carbons (Fsp3) is 0.222. The molecule has 0 heterocycles. The van der Waals surface area contributed by atoms with E-state index in [-0.39, 0.29) is 5.56 Å². The summed E-state index contributed by atoms with van der Waals surface area (Å²) in [6, 6.07) is 4.38. The van der Waals surface area contributed by atoms with Gasteiger partial charge in [-0.15, -0.1) is 0 Å². The lowest BCUT2D eigenvalue weighted by Crippen LogP contribution is -1.94. The number of hydrogen-bond donors (Lipinski definition) is 0. The third-order valence-corrected chi connectivity index (χ3v) is 1.32. The molecule has 0 aromatic heterocycles. The highest BCUT2D eigenvalue weighted by molar-refractivity contribution is 5.79. The van der Waals surface area contributed by atoms with Crippen molar-refractivity contribution in [1.82, 2.24) is 0 Å². The second-order valence-electron chi connectivity index (χ2n) is 2.22. The molecular formula is C9H8F2NO. The van der Waals surface area contributed by atoms with E-state index in [1.54, 1.807) is 6.92 Å². The molecule has 0 saturated carbocycles. The zero-order valence-corrected chi connectivity index (χ0v) is 7.05. The van der Waals surface area contributed by atoms with Crippen LogP contribution in [0.15, 0.2) is 17.3 Å². The Balaban J connectivity index is 2.87. The molecule has 0 saturated heterocycles. The number of oxime groups is 1. The molecule has 1 radical (unpaired) electrons. The lowest BCUT2D eigenvalue weighted by molar-refractivity contribution is 0.160. The van der Waals surface area contributed by atoms with Gasteiger partial charge >= 0.3 is 0 Å². The second-order valence-corrected chi connectivity index (χ2v) is 2.22. The van der Waals surface area contributed by atoms with E-state index in [9.17, 15) is 8.78 Å². The number of hydrogen-bond acceptors (Lipinski definition) is 2. The zero-order valence-electron chi connectivity index (χ0n) is 7.05. The van der Waals surface area contributed by atoms with Crippen LogP contribution in [0.2, 0.25) is 0 Å². The van der Waals surface area contributed by atoms with Gasteiger partial charge in [-0.1, -0.05) is 5.16 Å². The van der Waals surface area contributed by atoms with Crippen molar-refractivity contribution < 1.29 is 13.6 Å². The lowest BCUT2D eigenvalue weighted by Gasteiger charge is -1.96. The Kier molecular flexibility index (Phi) is 3.37. The number of rotatable bonds is 3. The molecule has 1 aromatic carbocycles. The van der Waals surface area contributed by atoms with Crippen molar-refractivity contribution in [2.45, 2.75) is 6.92 Å². The molecule has 69 valence electrons. The first-order chi connectivity index (χ1) is 6.25. The van der Waals surface area contributed by atoms with Crippen molar-refractivity contribution in [1.29, 1.82) is 0 Å². The average Bonchev–Trinajstić information content (AvgIpc) is 2.10. The van der Waals surface area contributed by atoms with Gasteiger partial charge in [0.25, 0.3) is 0 Å². The van der Waals surface area contributed by atoms with Crippen LogP contribution in [0.25, 0.3) is 0 Å². The standard InChI is InChI=1S/C9H8F2NO/c1-2-13-12-6-7-8(10)4-3-5-9(7)11/h4-6H,2H2,1H3/b12-6+. The van der Waals surface area contributed by atoms with Crippen molar-refractivity contribution in [3.8, 4) is 0 Å². The number of halogens is 2. The summed E-state index contributed by atoms with van der Waals surface area (Å²) >= 11 is 0. The van der Waals surface area contributed by atoms with E-state index in [0.29, 0.717) is 6.61 Å². The summed E-state index contributed by atoms with van der Waals surface area (Å²) in [6.07, 6.45) is 1.00. The Morgan fingerprint density at radius 1 is 1.46 bits per heavy atom. The third-order valence-electron chi connectivity index (χ3n) is 1.32. The van der Waals surface area contributed by atoms with E-state index in [2.05, 4.69) is 16.1 Å². The molecular weight excluding hydrogens is 176 g/mol. The Morgan fingerprint density at radius 3 is 2.62 bits per heavy atom. The molecule has 0 spiro atoms. The first-order valence-corrected chi connectivity index (χ1v) is 3.76. The Bertz CT molecular complexity index is 292. The molecule has 1 aromatic rings. The van der Waals surface area contributed by atoms with E-state index in [0.717, 1.165) is 18.3 Å². The van der Waals surface area contributed by atoms with Crippen LogP contribution in [0, 0.1) is 17.7 Å². The molecule has 2 nitrogen and oxygen atoms in total. The summed E-state index contributed by atoms with van der Waals surface area (Å²) < 4.78 is 25.7. The highest BCUT2D eigenvalue weighted by atomic mass is 19.1. The van der Waals surface area contributed by atoms with Crippen molar-refractivity contribution in [2.24, 2.45) is 5.16 Å². The summed E-state index contributed by atoms with van der Waals surface area (Å²) in [4.78, 5) is 4.57. The first-order valence-electron chi connectivity index (χ1n) is 3.76. The lowest BCUT2D eigenvalue weighted by atomic mass is 10.2.